The van der Waals surface area contributed by atoms with Crippen molar-refractivity contribution in [3.8, 4) is 0 Å². The number of ether oxygens (including phenoxy) is 2. The van der Waals surface area contributed by atoms with E-state index in [0.29, 0.717) is 19.4 Å². The second kappa shape index (κ2) is 9.07. The van der Waals surface area contributed by atoms with E-state index in [2.05, 4.69) is 0 Å². The smallest absolute Gasteiger partial charge is 0.339 e. The zero-order valence-corrected chi connectivity index (χ0v) is 15.3. The molecule has 0 spiro atoms. The number of nitro benzene ring substituents is 2. The van der Waals surface area contributed by atoms with Crippen molar-refractivity contribution >= 4 is 17.3 Å². The molecule has 0 unspecified atom stereocenters. The van der Waals surface area contributed by atoms with Crippen LogP contribution in [0.4, 0.5) is 11.4 Å². The van der Waals surface area contributed by atoms with Crippen molar-refractivity contribution in [2.45, 2.75) is 31.7 Å². The summed E-state index contributed by atoms with van der Waals surface area (Å²) in [7, 11) is 0. The molecule has 3 rings (SSSR count). The van der Waals surface area contributed by atoms with Crippen LogP contribution in [0.5, 0.6) is 0 Å². The van der Waals surface area contributed by atoms with Crippen LogP contribution >= 0.6 is 0 Å². The minimum absolute atomic E-state index is 0.107. The Labute approximate surface area is 165 Å². The Morgan fingerprint density at radius 3 is 2.07 bits per heavy atom. The van der Waals surface area contributed by atoms with E-state index in [1.54, 1.807) is 12.2 Å². The van der Waals surface area contributed by atoms with E-state index < -0.39 is 33.3 Å². The summed E-state index contributed by atoms with van der Waals surface area (Å²) in [6, 6.07) is 12.5. The van der Waals surface area contributed by atoms with Crippen LogP contribution in [-0.2, 0) is 16.1 Å². The van der Waals surface area contributed by atoms with Crippen LogP contribution in [0.2, 0.25) is 0 Å². The lowest BCUT2D eigenvalue weighted by atomic mass is 10.0. The molecule has 1 aliphatic carbocycles. The highest BCUT2D eigenvalue weighted by Crippen LogP contribution is 2.25. The molecule has 0 bridgehead atoms. The molecule has 0 aliphatic heterocycles. The monoisotopic (exact) mass is 398 g/mol. The molecule has 0 aromatic heterocycles. The molecule has 0 amide bonds. The number of hydrogen-bond donors (Lipinski definition) is 0. The number of non-ortho nitro benzene ring substituents is 2. The van der Waals surface area contributed by atoms with Crippen molar-refractivity contribution in [2.75, 3.05) is 0 Å². The number of nitro groups is 2. The van der Waals surface area contributed by atoms with Crippen LogP contribution in [0.25, 0.3) is 0 Å². The highest BCUT2D eigenvalue weighted by atomic mass is 16.6. The standard InChI is InChI=1S/C20H18N2O7/c23-20(15-10-16(21(24)25)12-17(11-15)22(26)27)29-19-8-6-18(7-9-19)28-13-14-4-2-1-3-5-14/h1-6,8,10-12,18-19H,7,9,13H2/t18-,19-/m0/s1. The number of benzene rings is 2. The summed E-state index contributed by atoms with van der Waals surface area (Å²) in [5.74, 6) is -0.852. The zero-order chi connectivity index (χ0) is 20.8. The van der Waals surface area contributed by atoms with E-state index in [9.17, 15) is 25.0 Å². The van der Waals surface area contributed by atoms with Crippen LogP contribution < -0.4 is 0 Å². The molecule has 9 nitrogen and oxygen atoms in total. The predicted molar refractivity (Wildman–Crippen MR) is 102 cm³/mol. The van der Waals surface area contributed by atoms with Gasteiger partial charge in [-0.1, -0.05) is 36.4 Å². The van der Waals surface area contributed by atoms with Gasteiger partial charge in [0.25, 0.3) is 11.4 Å². The topological polar surface area (TPSA) is 122 Å². The first-order valence-corrected chi connectivity index (χ1v) is 8.91. The number of esters is 1. The van der Waals surface area contributed by atoms with Gasteiger partial charge in [0, 0.05) is 12.1 Å². The Hall–Kier alpha value is -3.59. The molecule has 0 radical (unpaired) electrons. The molecule has 0 N–H and O–H groups in total. The SMILES string of the molecule is O=C(O[C@H]1C=C[C@H](OCc2ccccc2)CC1)c1cc([N+](=O)[O-])cc([N+](=O)[O-])c1. The summed E-state index contributed by atoms with van der Waals surface area (Å²) in [4.78, 5) is 32.6. The van der Waals surface area contributed by atoms with Crippen LogP contribution in [0, 0.1) is 20.2 Å². The van der Waals surface area contributed by atoms with Crippen molar-refractivity contribution in [2.24, 2.45) is 0 Å². The van der Waals surface area contributed by atoms with Crippen molar-refractivity contribution in [3.63, 3.8) is 0 Å². The first-order chi connectivity index (χ1) is 13.9. The van der Waals surface area contributed by atoms with Crippen molar-refractivity contribution in [3.05, 3.63) is 92.0 Å². The molecule has 2 aromatic rings. The third-order valence-corrected chi connectivity index (χ3v) is 4.40. The second-order valence-electron chi connectivity index (χ2n) is 6.49. The van der Waals surface area contributed by atoms with E-state index in [1.807, 2.05) is 30.3 Å². The molecule has 2 atom stereocenters. The van der Waals surface area contributed by atoms with E-state index in [4.69, 9.17) is 9.47 Å². The predicted octanol–water partition coefficient (Wildman–Crippen LogP) is 3.96. The minimum Gasteiger partial charge on any atom is -0.455 e. The van der Waals surface area contributed by atoms with E-state index in [1.165, 1.54) is 0 Å². The molecular formula is C20H18N2O7. The molecular weight excluding hydrogens is 380 g/mol. The van der Waals surface area contributed by atoms with Gasteiger partial charge in [0.2, 0.25) is 0 Å². The third-order valence-electron chi connectivity index (χ3n) is 4.40. The van der Waals surface area contributed by atoms with Crippen molar-refractivity contribution in [1.82, 2.24) is 0 Å². The van der Waals surface area contributed by atoms with Gasteiger partial charge in [0.15, 0.2) is 0 Å². The zero-order valence-electron chi connectivity index (χ0n) is 15.3. The van der Waals surface area contributed by atoms with Crippen LogP contribution in [-0.4, -0.2) is 28.0 Å². The lowest BCUT2D eigenvalue weighted by Gasteiger charge is -2.23. The summed E-state index contributed by atoms with van der Waals surface area (Å²) in [5, 5.41) is 21.9. The quantitative estimate of drug-likeness (QED) is 0.299. The van der Waals surface area contributed by atoms with E-state index >= 15 is 0 Å². The van der Waals surface area contributed by atoms with E-state index in [0.717, 1.165) is 23.8 Å². The Bertz CT molecular complexity index is 911. The van der Waals surface area contributed by atoms with Crippen molar-refractivity contribution in [1.29, 1.82) is 0 Å². The molecule has 29 heavy (non-hydrogen) atoms. The second-order valence-corrected chi connectivity index (χ2v) is 6.49. The molecule has 0 saturated heterocycles. The minimum atomic E-state index is -0.852. The Balaban J connectivity index is 1.60. The molecule has 150 valence electrons. The number of nitrogens with zero attached hydrogens (tertiary/aromatic N) is 2. The summed E-state index contributed by atoms with van der Waals surface area (Å²) < 4.78 is 11.1. The number of carbonyl (C=O) groups excluding carboxylic acids is 1. The lowest BCUT2D eigenvalue weighted by molar-refractivity contribution is -0.394. The molecule has 1 aliphatic rings. The Morgan fingerprint density at radius 1 is 0.931 bits per heavy atom. The van der Waals surface area contributed by atoms with Crippen LogP contribution in [0.1, 0.15) is 28.8 Å². The maximum atomic E-state index is 12.3. The van der Waals surface area contributed by atoms with Crippen LogP contribution in [0.3, 0.4) is 0 Å². The van der Waals surface area contributed by atoms with Gasteiger partial charge in [-0.25, -0.2) is 4.79 Å². The molecule has 0 heterocycles. The van der Waals surface area contributed by atoms with Gasteiger partial charge >= 0.3 is 5.97 Å². The van der Waals surface area contributed by atoms with E-state index in [-0.39, 0.29) is 11.7 Å². The number of carbonyl (C=O) groups is 1. The molecule has 9 heteroatoms. The van der Waals surface area contributed by atoms with Gasteiger partial charge in [0.1, 0.15) is 6.10 Å². The van der Waals surface area contributed by atoms with Gasteiger partial charge < -0.3 is 9.47 Å². The lowest BCUT2D eigenvalue weighted by Crippen LogP contribution is -2.24. The third kappa shape index (κ3) is 5.45. The van der Waals surface area contributed by atoms with Gasteiger partial charge in [-0.05, 0) is 24.5 Å². The first-order valence-electron chi connectivity index (χ1n) is 8.91. The van der Waals surface area contributed by atoms with Gasteiger partial charge in [-0.15, -0.1) is 0 Å². The molecule has 2 aromatic carbocycles. The fourth-order valence-corrected chi connectivity index (χ4v) is 2.91. The highest BCUT2D eigenvalue weighted by molar-refractivity contribution is 5.91. The summed E-state index contributed by atoms with van der Waals surface area (Å²) in [5.41, 5.74) is -0.261. The largest absolute Gasteiger partial charge is 0.455 e. The number of hydrogen-bond acceptors (Lipinski definition) is 7. The number of rotatable bonds is 7. The fourth-order valence-electron chi connectivity index (χ4n) is 2.91. The average Bonchev–Trinajstić information content (AvgIpc) is 2.73. The molecule has 0 saturated carbocycles. The van der Waals surface area contributed by atoms with Crippen molar-refractivity contribution < 1.29 is 24.1 Å². The fraction of sp³-hybridized carbons (Fsp3) is 0.250. The van der Waals surface area contributed by atoms with Gasteiger partial charge in [-0.3, -0.25) is 20.2 Å². The summed E-state index contributed by atoms with van der Waals surface area (Å²) in [6.07, 6.45) is 4.01. The first kappa shape index (κ1) is 20.2. The Kier molecular flexibility index (Phi) is 6.30. The Morgan fingerprint density at radius 2 is 1.52 bits per heavy atom. The van der Waals surface area contributed by atoms with Gasteiger partial charge in [-0.2, -0.15) is 0 Å². The average molecular weight is 398 g/mol. The summed E-state index contributed by atoms with van der Waals surface area (Å²) in [6.45, 7) is 0.470. The summed E-state index contributed by atoms with van der Waals surface area (Å²) >= 11 is 0. The normalized spacial score (nSPS) is 18.2. The highest BCUT2D eigenvalue weighted by Gasteiger charge is 2.24. The maximum Gasteiger partial charge on any atom is 0.339 e. The molecule has 0 fully saturated rings. The maximum absolute atomic E-state index is 12.3. The van der Waals surface area contributed by atoms with Gasteiger partial charge in [0.05, 0.1) is 34.2 Å². The van der Waals surface area contributed by atoms with Crippen LogP contribution in [0.15, 0.2) is 60.7 Å².